The van der Waals surface area contributed by atoms with E-state index in [0.717, 1.165) is 17.8 Å². The number of hydrogen-bond acceptors (Lipinski definition) is 5. The van der Waals surface area contributed by atoms with Crippen LogP contribution in [0.25, 0.3) is 0 Å². The summed E-state index contributed by atoms with van der Waals surface area (Å²) in [4.78, 5) is 37.6. The van der Waals surface area contributed by atoms with Crippen LogP contribution in [0.15, 0.2) is 24.8 Å². The number of nitrogens with zero attached hydrogens (tertiary/aromatic N) is 6. The lowest BCUT2D eigenvalue weighted by atomic mass is 9.77. The molecular weight excluding hydrogens is 332 g/mol. The minimum absolute atomic E-state index is 0.109. The van der Waals surface area contributed by atoms with Crippen LogP contribution in [-0.4, -0.2) is 56.1 Å². The Morgan fingerprint density at radius 1 is 1.08 bits per heavy atom. The molecule has 0 aliphatic carbocycles. The average molecular weight is 354 g/mol. The summed E-state index contributed by atoms with van der Waals surface area (Å²) in [6.07, 6.45) is 8.92. The third-order valence-electron chi connectivity index (χ3n) is 5.52. The fraction of sp³-hybridized carbons (Fsp3) is 0.500. The summed E-state index contributed by atoms with van der Waals surface area (Å²) in [5, 5.41) is 4.16. The van der Waals surface area contributed by atoms with Crippen molar-refractivity contribution in [2.24, 2.45) is 12.5 Å². The molecule has 2 aromatic heterocycles. The number of rotatable bonds is 2. The summed E-state index contributed by atoms with van der Waals surface area (Å²) in [6.45, 7) is 3.69. The Kier molecular flexibility index (Phi) is 3.97. The zero-order valence-corrected chi connectivity index (χ0v) is 15.1. The second-order valence-corrected chi connectivity index (χ2v) is 7.19. The first-order chi connectivity index (χ1) is 12.5. The highest BCUT2D eigenvalue weighted by Gasteiger charge is 2.49. The standard InChI is InChI=1S/C18H22N6O2/c1-13-9-20-15(11-19-13)16(25)23-6-3-18(4-7-23)5-8-24(17(18)26)14-10-21-22(2)12-14/h9-12H,3-8H2,1-2H3. The van der Waals surface area contributed by atoms with Gasteiger partial charge in [0.05, 0.1) is 29.2 Å². The van der Waals surface area contributed by atoms with E-state index in [1.165, 1.54) is 6.20 Å². The molecule has 136 valence electrons. The van der Waals surface area contributed by atoms with Crippen LogP contribution in [0.1, 0.15) is 35.4 Å². The summed E-state index contributed by atoms with van der Waals surface area (Å²) in [6, 6.07) is 0. The van der Waals surface area contributed by atoms with Crippen LogP contribution < -0.4 is 4.90 Å². The molecule has 26 heavy (non-hydrogen) atoms. The van der Waals surface area contributed by atoms with Gasteiger partial charge in [-0.2, -0.15) is 5.10 Å². The van der Waals surface area contributed by atoms with Crippen molar-refractivity contribution in [2.45, 2.75) is 26.2 Å². The first kappa shape index (κ1) is 16.7. The Hall–Kier alpha value is -2.77. The van der Waals surface area contributed by atoms with E-state index in [0.29, 0.717) is 38.2 Å². The van der Waals surface area contributed by atoms with Crippen LogP contribution in [0.3, 0.4) is 0 Å². The molecule has 0 saturated carbocycles. The topological polar surface area (TPSA) is 84.2 Å². The van der Waals surface area contributed by atoms with Gasteiger partial charge < -0.3 is 9.80 Å². The Balaban J connectivity index is 1.44. The number of aromatic nitrogens is 4. The number of amides is 2. The number of likely N-dealkylation sites (tertiary alicyclic amines) is 1. The number of aryl methyl sites for hydroxylation is 2. The molecule has 0 N–H and O–H groups in total. The molecule has 0 radical (unpaired) electrons. The van der Waals surface area contributed by atoms with E-state index in [9.17, 15) is 9.59 Å². The predicted molar refractivity (Wildman–Crippen MR) is 94.5 cm³/mol. The van der Waals surface area contributed by atoms with Crippen molar-refractivity contribution in [3.05, 3.63) is 36.2 Å². The zero-order chi connectivity index (χ0) is 18.3. The molecule has 4 heterocycles. The van der Waals surface area contributed by atoms with Gasteiger partial charge in [0.2, 0.25) is 5.91 Å². The summed E-state index contributed by atoms with van der Waals surface area (Å²) in [5.41, 5.74) is 1.64. The molecule has 0 unspecified atom stereocenters. The molecule has 2 saturated heterocycles. The Morgan fingerprint density at radius 2 is 1.81 bits per heavy atom. The fourth-order valence-corrected chi connectivity index (χ4v) is 3.88. The first-order valence-electron chi connectivity index (χ1n) is 8.87. The molecule has 2 amide bonds. The maximum Gasteiger partial charge on any atom is 0.274 e. The smallest absolute Gasteiger partial charge is 0.274 e. The molecule has 0 atom stereocenters. The highest BCUT2D eigenvalue weighted by atomic mass is 16.2. The minimum atomic E-state index is -0.356. The van der Waals surface area contributed by atoms with E-state index in [2.05, 4.69) is 15.1 Å². The van der Waals surface area contributed by atoms with E-state index >= 15 is 0 Å². The van der Waals surface area contributed by atoms with Crippen molar-refractivity contribution in [3.63, 3.8) is 0 Å². The summed E-state index contributed by atoms with van der Waals surface area (Å²) < 4.78 is 1.71. The molecule has 2 aromatic rings. The van der Waals surface area contributed by atoms with Crippen molar-refractivity contribution in [1.82, 2.24) is 24.6 Å². The van der Waals surface area contributed by atoms with Gasteiger partial charge >= 0.3 is 0 Å². The van der Waals surface area contributed by atoms with Crippen LogP contribution in [0, 0.1) is 12.3 Å². The van der Waals surface area contributed by atoms with Crippen LogP contribution in [-0.2, 0) is 11.8 Å². The second kappa shape index (κ2) is 6.19. The van der Waals surface area contributed by atoms with Gasteiger partial charge in [0.25, 0.3) is 5.91 Å². The molecular formula is C18H22N6O2. The Labute approximate surface area is 151 Å². The number of carbonyl (C=O) groups excluding carboxylic acids is 2. The number of carbonyl (C=O) groups is 2. The SMILES string of the molecule is Cc1cnc(C(=O)N2CCC3(CC2)CCN(c2cnn(C)c2)C3=O)cn1. The van der Waals surface area contributed by atoms with Gasteiger partial charge in [0, 0.05) is 39.1 Å². The number of hydrogen-bond donors (Lipinski definition) is 0. The summed E-state index contributed by atoms with van der Waals surface area (Å²) in [7, 11) is 1.85. The Bertz CT molecular complexity index is 836. The van der Waals surface area contributed by atoms with Gasteiger partial charge in [-0.1, -0.05) is 0 Å². The van der Waals surface area contributed by atoms with Crippen LogP contribution >= 0.6 is 0 Å². The maximum atomic E-state index is 13.0. The van der Waals surface area contributed by atoms with E-state index in [4.69, 9.17) is 0 Å². The van der Waals surface area contributed by atoms with Gasteiger partial charge in [-0.05, 0) is 26.2 Å². The quantitative estimate of drug-likeness (QED) is 0.808. The van der Waals surface area contributed by atoms with Crippen molar-refractivity contribution in [3.8, 4) is 0 Å². The van der Waals surface area contributed by atoms with Crippen molar-refractivity contribution in [2.75, 3.05) is 24.5 Å². The first-order valence-corrected chi connectivity index (χ1v) is 8.87. The lowest BCUT2D eigenvalue weighted by molar-refractivity contribution is -0.127. The largest absolute Gasteiger partial charge is 0.337 e. The molecule has 0 aromatic carbocycles. The molecule has 2 fully saturated rings. The van der Waals surface area contributed by atoms with Crippen LogP contribution in [0.4, 0.5) is 5.69 Å². The summed E-state index contributed by atoms with van der Waals surface area (Å²) >= 11 is 0. The van der Waals surface area contributed by atoms with Crippen molar-refractivity contribution in [1.29, 1.82) is 0 Å². The lowest BCUT2D eigenvalue weighted by Crippen LogP contribution is -2.46. The highest BCUT2D eigenvalue weighted by Crippen LogP contribution is 2.43. The van der Waals surface area contributed by atoms with Gasteiger partial charge in [0.1, 0.15) is 5.69 Å². The number of piperidine rings is 1. The zero-order valence-electron chi connectivity index (χ0n) is 15.1. The van der Waals surface area contributed by atoms with E-state index < -0.39 is 0 Å². The maximum absolute atomic E-state index is 13.0. The van der Waals surface area contributed by atoms with Crippen molar-refractivity contribution >= 4 is 17.5 Å². The normalized spacial score (nSPS) is 19.4. The monoisotopic (exact) mass is 354 g/mol. The molecule has 4 rings (SSSR count). The average Bonchev–Trinajstić information content (AvgIpc) is 3.20. The van der Waals surface area contributed by atoms with Crippen LogP contribution in [0.2, 0.25) is 0 Å². The van der Waals surface area contributed by atoms with Gasteiger partial charge in [-0.15, -0.1) is 0 Å². The predicted octanol–water partition coefficient (Wildman–Crippen LogP) is 1.18. The van der Waals surface area contributed by atoms with Gasteiger partial charge in [0.15, 0.2) is 0 Å². The Morgan fingerprint density at radius 3 is 2.42 bits per heavy atom. The number of anilines is 1. The second-order valence-electron chi connectivity index (χ2n) is 7.19. The fourth-order valence-electron chi connectivity index (χ4n) is 3.88. The molecule has 2 aliphatic rings. The third kappa shape index (κ3) is 2.75. The van der Waals surface area contributed by atoms with E-state index in [1.54, 1.807) is 22.0 Å². The van der Waals surface area contributed by atoms with Crippen LogP contribution in [0.5, 0.6) is 0 Å². The molecule has 1 spiro atoms. The molecule has 0 bridgehead atoms. The molecule has 2 aliphatic heterocycles. The minimum Gasteiger partial charge on any atom is -0.337 e. The molecule has 8 heteroatoms. The van der Waals surface area contributed by atoms with Crippen molar-refractivity contribution < 1.29 is 9.59 Å². The highest BCUT2D eigenvalue weighted by molar-refractivity contribution is 6.00. The lowest BCUT2D eigenvalue weighted by Gasteiger charge is -2.37. The van der Waals surface area contributed by atoms with E-state index in [1.807, 2.05) is 25.1 Å². The van der Waals surface area contributed by atoms with Gasteiger partial charge in [-0.3, -0.25) is 19.3 Å². The molecule has 8 nitrogen and oxygen atoms in total. The van der Waals surface area contributed by atoms with E-state index in [-0.39, 0.29) is 17.2 Å². The van der Waals surface area contributed by atoms with Gasteiger partial charge in [-0.25, -0.2) is 4.98 Å². The summed E-state index contributed by atoms with van der Waals surface area (Å²) in [5.74, 6) is 0.0506. The third-order valence-corrected chi connectivity index (χ3v) is 5.52.